The molecular weight excluding hydrogens is 360 g/mol. The number of nitrogens with one attached hydrogen (secondary N) is 1. The first-order valence-electron chi connectivity index (χ1n) is 10.0. The second-order valence-corrected chi connectivity index (χ2v) is 9.64. The van der Waals surface area contributed by atoms with Gasteiger partial charge in [0.05, 0.1) is 4.90 Å². The molecule has 2 aliphatic rings. The largest absolute Gasteiger partial charge is 0.352 e. The van der Waals surface area contributed by atoms with Crippen LogP contribution in [0.3, 0.4) is 0 Å². The molecule has 3 rings (SSSR count). The zero-order chi connectivity index (χ0) is 19.3. The number of rotatable bonds is 6. The van der Waals surface area contributed by atoms with Gasteiger partial charge in [0.25, 0.3) is 0 Å². The van der Waals surface area contributed by atoms with Gasteiger partial charge in [-0.25, -0.2) is 8.42 Å². The highest BCUT2D eigenvalue weighted by Crippen LogP contribution is 2.33. The van der Waals surface area contributed by atoms with Crippen LogP contribution in [0.2, 0.25) is 0 Å². The third kappa shape index (κ3) is 4.99. The predicted molar refractivity (Wildman–Crippen MR) is 107 cm³/mol. The van der Waals surface area contributed by atoms with Gasteiger partial charge in [0.1, 0.15) is 0 Å². The molecule has 0 unspecified atom stereocenters. The van der Waals surface area contributed by atoms with E-state index in [2.05, 4.69) is 11.9 Å². The van der Waals surface area contributed by atoms with Crippen LogP contribution in [-0.4, -0.2) is 38.3 Å². The van der Waals surface area contributed by atoms with Crippen LogP contribution in [-0.2, 0) is 14.8 Å². The summed E-state index contributed by atoms with van der Waals surface area (Å²) in [4.78, 5) is 11.7. The van der Waals surface area contributed by atoms with Crippen molar-refractivity contribution in [3.63, 3.8) is 0 Å². The Bertz CT molecular complexity index is 744. The molecule has 2 fully saturated rings. The molecule has 0 atom stereocenters. The first kappa shape index (κ1) is 20.1. The molecular formula is C21H30N2O3S. The number of piperidine rings is 1. The van der Waals surface area contributed by atoms with Gasteiger partial charge < -0.3 is 5.32 Å². The maximum Gasteiger partial charge on any atom is 0.243 e. The lowest BCUT2D eigenvalue weighted by molar-refractivity contribution is -0.116. The van der Waals surface area contributed by atoms with E-state index in [1.54, 1.807) is 16.4 Å². The summed E-state index contributed by atoms with van der Waals surface area (Å²) in [5, 5.41) is 2.80. The number of amides is 1. The van der Waals surface area contributed by atoms with Crippen molar-refractivity contribution in [3.05, 3.63) is 42.5 Å². The lowest BCUT2D eigenvalue weighted by Crippen LogP contribution is -2.41. The Labute approximate surface area is 162 Å². The smallest absolute Gasteiger partial charge is 0.243 e. The average Bonchev–Trinajstić information content (AvgIpc) is 2.73. The maximum absolute atomic E-state index is 12.9. The maximum atomic E-state index is 12.9. The van der Waals surface area contributed by atoms with Crippen LogP contribution in [0.15, 0.2) is 41.8 Å². The van der Waals surface area contributed by atoms with E-state index in [1.807, 2.05) is 12.1 Å². The summed E-state index contributed by atoms with van der Waals surface area (Å²) < 4.78 is 27.5. The van der Waals surface area contributed by atoms with Crippen molar-refractivity contribution in [1.82, 2.24) is 9.62 Å². The Kier molecular flexibility index (Phi) is 6.71. The first-order valence-corrected chi connectivity index (χ1v) is 11.4. The van der Waals surface area contributed by atoms with Crippen LogP contribution in [0.25, 0.3) is 0 Å². The number of carbonyl (C=O) groups excluding carboxylic acids is 1. The molecule has 1 saturated carbocycles. The Balaban J connectivity index is 1.58. The molecule has 27 heavy (non-hydrogen) atoms. The number of hydrogen-bond acceptors (Lipinski definition) is 3. The van der Waals surface area contributed by atoms with Gasteiger partial charge in [-0.1, -0.05) is 38.0 Å². The summed E-state index contributed by atoms with van der Waals surface area (Å²) >= 11 is 0. The van der Waals surface area contributed by atoms with Crippen molar-refractivity contribution in [2.75, 3.05) is 19.6 Å². The van der Waals surface area contributed by atoms with E-state index >= 15 is 0 Å². The SMILES string of the molecule is C=CC(=O)NCC1CCN(S(=O)(=O)c2ccc(C3CCCCC3)cc2)CC1. The fourth-order valence-corrected chi connectivity index (χ4v) is 5.64. The molecule has 1 aromatic carbocycles. The number of carbonyl (C=O) groups is 1. The molecule has 148 valence electrons. The van der Waals surface area contributed by atoms with Crippen molar-refractivity contribution in [2.45, 2.75) is 55.8 Å². The third-order valence-electron chi connectivity index (χ3n) is 5.92. The van der Waals surface area contributed by atoms with E-state index in [9.17, 15) is 13.2 Å². The number of sulfonamides is 1. The second-order valence-electron chi connectivity index (χ2n) is 7.70. The highest BCUT2D eigenvalue weighted by Gasteiger charge is 2.29. The van der Waals surface area contributed by atoms with E-state index in [-0.39, 0.29) is 5.91 Å². The van der Waals surface area contributed by atoms with Gasteiger partial charge in [-0.3, -0.25) is 4.79 Å². The van der Waals surface area contributed by atoms with Crippen molar-refractivity contribution in [3.8, 4) is 0 Å². The van der Waals surface area contributed by atoms with Gasteiger partial charge >= 0.3 is 0 Å². The topological polar surface area (TPSA) is 66.5 Å². The molecule has 1 aromatic rings. The van der Waals surface area contributed by atoms with Crippen molar-refractivity contribution >= 4 is 15.9 Å². The van der Waals surface area contributed by atoms with Crippen molar-refractivity contribution < 1.29 is 13.2 Å². The summed E-state index contributed by atoms with van der Waals surface area (Å²) in [6, 6.07) is 7.55. The Morgan fingerprint density at radius 1 is 1.07 bits per heavy atom. The molecule has 5 nitrogen and oxygen atoms in total. The summed E-state index contributed by atoms with van der Waals surface area (Å²) in [7, 11) is -3.44. The lowest BCUT2D eigenvalue weighted by atomic mass is 9.84. The second kappa shape index (κ2) is 9.02. The minimum Gasteiger partial charge on any atom is -0.352 e. The normalized spacial score (nSPS) is 20.3. The fraction of sp³-hybridized carbons (Fsp3) is 0.571. The summed E-state index contributed by atoms with van der Waals surface area (Å²) in [6.07, 6.45) is 9.06. The monoisotopic (exact) mass is 390 g/mol. The zero-order valence-electron chi connectivity index (χ0n) is 15.9. The standard InChI is InChI=1S/C21H30N2O3S/c1-2-21(24)22-16-17-12-14-23(15-13-17)27(25,26)20-10-8-19(9-11-20)18-6-4-3-5-7-18/h2,8-11,17-18H,1,3-7,12-16H2,(H,22,24). The average molecular weight is 391 g/mol. The lowest BCUT2D eigenvalue weighted by Gasteiger charge is -2.31. The first-order chi connectivity index (χ1) is 13.0. The van der Waals surface area contributed by atoms with E-state index in [1.165, 1.54) is 43.7 Å². The van der Waals surface area contributed by atoms with Gasteiger partial charge in [-0.15, -0.1) is 0 Å². The Morgan fingerprint density at radius 2 is 1.70 bits per heavy atom. The highest BCUT2D eigenvalue weighted by molar-refractivity contribution is 7.89. The number of hydrogen-bond donors (Lipinski definition) is 1. The Morgan fingerprint density at radius 3 is 2.30 bits per heavy atom. The van der Waals surface area contributed by atoms with Gasteiger partial charge in [0.15, 0.2) is 0 Å². The quantitative estimate of drug-likeness (QED) is 0.757. The van der Waals surface area contributed by atoms with Crippen LogP contribution < -0.4 is 5.32 Å². The highest BCUT2D eigenvalue weighted by atomic mass is 32.2. The molecule has 6 heteroatoms. The zero-order valence-corrected chi connectivity index (χ0v) is 16.7. The van der Waals surface area contributed by atoms with Gasteiger partial charge in [0, 0.05) is 19.6 Å². The molecule has 1 saturated heterocycles. The minimum absolute atomic E-state index is 0.178. The van der Waals surface area contributed by atoms with Crippen LogP contribution in [0, 0.1) is 5.92 Å². The van der Waals surface area contributed by atoms with Gasteiger partial charge in [0.2, 0.25) is 15.9 Å². The molecule has 1 N–H and O–H groups in total. The molecule has 0 radical (unpaired) electrons. The molecule has 1 amide bonds. The molecule has 1 heterocycles. The van der Waals surface area contributed by atoms with Gasteiger partial charge in [-0.2, -0.15) is 4.31 Å². The van der Waals surface area contributed by atoms with Crippen LogP contribution in [0.5, 0.6) is 0 Å². The van der Waals surface area contributed by atoms with E-state index in [0.29, 0.717) is 36.4 Å². The van der Waals surface area contributed by atoms with Crippen LogP contribution in [0.1, 0.15) is 56.4 Å². The predicted octanol–water partition coefficient (Wildman–Crippen LogP) is 3.44. The minimum atomic E-state index is -3.44. The molecule has 1 aliphatic carbocycles. The van der Waals surface area contributed by atoms with Crippen LogP contribution in [0.4, 0.5) is 0 Å². The summed E-state index contributed by atoms with van der Waals surface area (Å²) in [5.41, 5.74) is 1.27. The number of nitrogens with zero attached hydrogens (tertiary/aromatic N) is 1. The molecule has 0 spiro atoms. The third-order valence-corrected chi connectivity index (χ3v) is 7.83. The summed E-state index contributed by atoms with van der Waals surface area (Å²) in [6.45, 7) is 5.02. The molecule has 0 bridgehead atoms. The van der Waals surface area contributed by atoms with Crippen molar-refractivity contribution in [2.24, 2.45) is 5.92 Å². The Hall–Kier alpha value is -1.66. The summed E-state index contributed by atoms with van der Waals surface area (Å²) in [5.74, 6) is 0.717. The number of benzene rings is 1. The molecule has 1 aliphatic heterocycles. The van der Waals surface area contributed by atoms with Crippen molar-refractivity contribution in [1.29, 1.82) is 0 Å². The van der Waals surface area contributed by atoms with E-state index in [4.69, 9.17) is 0 Å². The van der Waals surface area contributed by atoms with Gasteiger partial charge in [-0.05, 0) is 61.3 Å². The van der Waals surface area contributed by atoms with E-state index in [0.717, 1.165) is 12.8 Å². The van der Waals surface area contributed by atoms with Crippen LogP contribution >= 0.6 is 0 Å². The molecule has 0 aromatic heterocycles. The van der Waals surface area contributed by atoms with E-state index < -0.39 is 10.0 Å². The fourth-order valence-electron chi connectivity index (χ4n) is 4.17.